The van der Waals surface area contributed by atoms with E-state index < -0.39 is 0 Å². The molecule has 0 aliphatic carbocycles. The molecule has 70 valence electrons. The highest BCUT2D eigenvalue weighted by Crippen LogP contribution is 2.14. The van der Waals surface area contributed by atoms with Gasteiger partial charge in [0, 0.05) is 24.5 Å². The van der Waals surface area contributed by atoms with Crippen LogP contribution in [0.25, 0.3) is 0 Å². The van der Waals surface area contributed by atoms with Crippen LogP contribution in [0.1, 0.15) is 12.1 Å². The SMILES string of the molecule is Cc1cc(O[C@@H]2CCNC2)ccn1. The first-order chi connectivity index (χ1) is 6.34. The number of aryl methyl sites for hydroxylation is 1. The molecule has 1 aliphatic heterocycles. The van der Waals surface area contributed by atoms with Gasteiger partial charge in [-0.05, 0) is 26.0 Å². The molecule has 1 N–H and O–H groups in total. The monoisotopic (exact) mass is 178 g/mol. The van der Waals surface area contributed by atoms with E-state index in [1.54, 1.807) is 6.20 Å². The summed E-state index contributed by atoms with van der Waals surface area (Å²) < 4.78 is 5.75. The summed E-state index contributed by atoms with van der Waals surface area (Å²) in [4.78, 5) is 4.12. The molecule has 0 radical (unpaired) electrons. The molecule has 0 unspecified atom stereocenters. The van der Waals surface area contributed by atoms with Gasteiger partial charge in [0.15, 0.2) is 0 Å². The molecule has 3 heteroatoms. The van der Waals surface area contributed by atoms with Gasteiger partial charge in [-0.1, -0.05) is 0 Å². The molecule has 0 aromatic carbocycles. The maximum atomic E-state index is 5.75. The first kappa shape index (κ1) is 8.51. The predicted molar refractivity (Wildman–Crippen MR) is 50.9 cm³/mol. The van der Waals surface area contributed by atoms with Crippen LogP contribution in [0.3, 0.4) is 0 Å². The number of hydrogen-bond acceptors (Lipinski definition) is 3. The summed E-state index contributed by atoms with van der Waals surface area (Å²) in [5.74, 6) is 0.932. The fourth-order valence-corrected chi connectivity index (χ4v) is 1.51. The number of rotatable bonds is 2. The van der Waals surface area contributed by atoms with Crippen LogP contribution in [0, 0.1) is 6.92 Å². The Labute approximate surface area is 78.1 Å². The number of nitrogens with zero attached hydrogens (tertiary/aromatic N) is 1. The highest BCUT2D eigenvalue weighted by Gasteiger charge is 2.15. The van der Waals surface area contributed by atoms with E-state index in [1.807, 2.05) is 19.1 Å². The zero-order valence-electron chi connectivity index (χ0n) is 7.79. The number of hydrogen-bond donors (Lipinski definition) is 1. The van der Waals surface area contributed by atoms with Gasteiger partial charge in [0.25, 0.3) is 0 Å². The van der Waals surface area contributed by atoms with Crippen molar-refractivity contribution >= 4 is 0 Å². The van der Waals surface area contributed by atoms with Gasteiger partial charge in [-0.3, -0.25) is 4.98 Å². The van der Waals surface area contributed by atoms with Gasteiger partial charge in [0.05, 0.1) is 0 Å². The van der Waals surface area contributed by atoms with Crippen molar-refractivity contribution in [2.75, 3.05) is 13.1 Å². The first-order valence-electron chi connectivity index (χ1n) is 4.64. The minimum absolute atomic E-state index is 0.335. The van der Waals surface area contributed by atoms with Crippen molar-refractivity contribution in [1.29, 1.82) is 0 Å². The van der Waals surface area contributed by atoms with Gasteiger partial charge >= 0.3 is 0 Å². The molecule has 1 aliphatic rings. The zero-order chi connectivity index (χ0) is 9.10. The van der Waals surface area contributed by atoms with Crippen molar-refractivity contribution in [3.05, 3.63) is 24.0 Å². The number of aromatic nitrogens is 1. The average Bonchev–Trinajstić information content (AvgIpc) is 2.57. The third-order valence-corrected chi connectivity index (χ3v) is 2.19. The largest absolute Gasteiger partial charge is 0.489 e. The predicted octanol–water partition coefficient (Wildman–Crippen LogP) is 1.13. The van der Waals surface area contributed by atoms with Gasteiger partial charge in [0.2, 0.25) is 0 Å². The lowest BCUT2D eigenvalue weighted by molar-refractivity contribution is 0.222. The Kier molecular flexibility index (Phi) is 2.45. The molecule has 3 nitrogen and oxygen atoms in total. The quantitative estimate of drug-likeness (QED) is 0.737. The summed E-state index contributed by atoms with van der Waals surface area (Å²) in [6.07, 6.45) is 3.22. The van der Waals surface area contributed by atoms with Crippen molar-refractivity contribution in [1.82, 2.24) is 10.3 Å². The van der Waals surface area contributed by atoms with Crippen molar-refractivity contribution in [2.24, 2.45) is 0 Å². The topological polar surface area (TPSA) is 34.1 Å². The van der Waals surface area contributed by atoms with Crippen LogP contribution in [0.5, 0.6) is 5.75 Å². The van der Waals surface area contributed by atoms with E-state index in [0.717, 1.165) is 31.0 Å². The van der Waals surface area contributed by atoms with Crippen LogP contribution < -0.4 is 10.1 Å². The summed E-state index contributed by atoms with van der Waals surface area (Å²) in [6.45, 7) is 4.00. The molecule has 13 heavy (non-hydrogen) atoms. The second kappa shape index (κ2) is 3.75. The highest BCUT2D eigenvalue weighted by molar-refractivity contribution is 5.22. The van der Waals surface area contributed by atoms with Crippen LogP contribution in [-0.2, 0) is 0 Å². The Morgan fingerprint density at radius 1 is 1.62 bits per heavy atom. The lowest BCUT2D eigenvalue weighted by Crippen LogP contribution is -2.19. The van der Waals surface area contributed by atoms with Gasteiger partial charge in [-0.25, -0.2) is 0 Å². The zero-order valence-corrected chi connectivity index (χ0v) is 7.79. The van der Waals surface area contributed by atoms with E-state index in [4.69, 9.17) is 4.74 Å². The average molecular weight is 178 g/mol. The molecule has 1 saturated heterocycles. The minimum atomic E-state index is 0.335. The Balaban J connectivity index is 2.00. The molecular weight excluding hydrogens is 164 g/mol. The molecule has 0 saturated carbocycles. The van der Waals surface area contributed by atoms with Crippen molar-refractivity contribution in [3.8, 4) is 5.75 Å². The summed E-state index contributed by atoms with van der Waals surface area (Å²) in [5, 5.41) is 3.27. The smallest absolute Gasteiger partial charge is 0.123 e. The molecule has 1 aromatic rings. The Hall–Kier alpha value is -1.09. The summed E-state index contributed by atoms with van der Waals surface area (Å²) in [7, 11) is 0. The number of pyridine rings is 1. The third kappa shape index (κ3) is 2.18. The van der Waals surface area contributed by atoms with Crippen LogP contribution in [0.2, 0.25) is 0 Å². The van der Waals surface area contributed by atoms with E-state index in [9.17, 15) is 0 Å². The second-order valence-electron chi connectivity index (χ2n) is 3.37. The molecule has 2 rings (SSSR count). The molecule has 1 aromatic heterocycles. The highest BCUT2D eigenvalue weighted by atomic mass is 16.5. The fraction of sp³-hybridized carbons (Fsp3) is 0.500. The first-order valence-corrected chi connectivity index (χ1v) is 4.64. The molecule has 1 atom stereocenters. The minimum Gasteiger partial charge on any atom is -0.489 e. The summed E-state index contributed by atoms with van der Waals surface area (Å²) in [5.41, 5.74) is 1.00. The van der Waals surface area contributed by atoms with Gasteiger partial charge in [-0.2, -0.15) is 0 Å². The Morgan fingerprint density at radius 2 is 2.54 bits per heavy atom. The van der Waals surface area contributed by atoms with Crippen LogP contribution in [0.15, 0.2) is 18.3 Å². The van der Waals surface area contributed by atoms with Crippen molar-refractivity contribution in [2.45, 2.75) is 19.4 Å². The molecule has 1 fully saturated rings. The standard InChI is InChI=1S/C10H14N2O/c1-8-6-9(3-5-12-8)13-10-2-4-11-7-10/h3,5-6,10-11H,2,4,7H2,1H3/t10-/m1/s1. The van der Waals surface area contributed by atoms with E-state index >= 15 is 0 Å². The number of nitrogens with one attached hydrogen (secondary N) is 1. The Bertz CT molecular complexity index is 282. The molecular formula is C10H14N2O. The van der Waals surface area contributed by atoms with Gasteiger partial charge in [-0.15, -0.1) is 0 Å². The van der Waals surface area contributed by atoms with Crippen molar-refractivity contribution in [3.63, 3.8) is 0 Å². The molecule has 0 bridgehead atoms. The van der Waals surface area contributed by atoms with Gasteiger partial charge < -0.3 is 10.1 Å². The van der Waals surface area contributed by atoms with Crippen molar-refractivity contribution < 1.29 is 4.74 Å². The maximum Gasteiger partial charge on any atom is 0.123 e. The lowest BCUT2D eigenvalue weighted by atomic mass is 10.3. The normalized spacial score (nSPS) is 21.8. The second-order valence-corrected chi connectivity index (χ2v) is 3.37. The van der Waals surface area contributed by atoms with E-state index in [0.29, 0.717) is 6.10 Å². The lowest BCUT2D eigenvalue weighted by Gasteiger charge is -2.12. The maximum absolute atomic E-state index is 5.75. The van der Waals surface area contributed by atoms with E-state index in [-0.39, 0.29) is 0 Å². The molecule has 0 spiro atoms. The summed E-state index contributed by atoms with van der Waals surface area (Å²) >= 11 is 0. The number of ether oxygens (including phenoxy) is 1. The Morgan fingerprint density at radius 3 is 3.23 bits per heavy atom. The van der Waals surface area contributed by atoms with E-state index in [2.05, 4.69) is 10.3 Å². The third-order valence-electron chi connectivity index (χ3n) is 2.19. The summed E-state index contributed by atoms with van der Waals surface area (Å²) in [6, 6.07) is 3.88. The van der Waals surface area contributed by atoms with Crippen LogP contribution in [0.4, 0.5) is 0 Å². The fourth-order valence-electron chi connectivity index (χ4n) is 1.51. The van der Waals surface area contributed by atoms with Crippen LogP contribution in [-0.4, -0.2) is 24.2 Å². The van der Waals surface area contributed by atoms with E-state index in [1.165, 1.54) is 0 Å². The molecule has 2 heterocycles. The van der Waals surface area contributed by atoms with Crippen LogP contribution >= 0.6 is 0 Å². The van der Waals surface area contributed by atoms with Gasteiger partial charge in [0.1, 0.15) is 11.9 Å². The molecule has 0 amide bonds.